The summed E-state index contributed by atoms with van der Waals surface area (Å²) < 4.78 is 0. The van der Waals surface area contributed by atoms with Crippen LogP contribution in [0.5, 0.6) is 5.75 Å². The van der Waals surface area contributed by atoms with E-state index in [-0.39, 0.29) is 41.2 Å². The molecule has 1 N–H and O–H groups in total. The molecule has 0 radical (unpaired) electrons. The summed E-state index contributed by atoms with van der Waals surface area (Å²) in [6, 6.07) is 6.22. The molecule has 1 aromatic rings. The zero-order valence-corrected chi connectivity index (χ0v) is 10.2. The summed E-state index contributed by atoms with van der Waals surface area (Å²) in [5, 5.41) is 9.29. The molecular weight excluding hydrogens is 242 g/mol. The van der Waals surface area contributed by atoms with E-state index in [0.717, 1.165) is 6.42 Å². The number of anilines is 1. The van der Waals surface area contributed by atoms with Crippen LogP contribution >= 0.6 is 0 Å². The van der Waals surface area contributed by atoms with Gasteiger partial charge in [0.15, 0.2) is 0 Å². The van der Waals surface area contributed by atoms with E-state index in [0.29, 0.717) is 5.69 Å². The van der Waals surface area contributed by atoms with Crippen molar-refractivity contribution in [1.82, 2.24) is 0 Å². The van der Waals surface area contributed by atoms with Crippen molar-refractivity contribution in [2.45, 2.75) is 6.42 Å². The van der Waals surface area contributed by atoms with Gasteiger partial charge in [-0.15, -0.1) is 0 Å². The Kier molecular flexibility index (Phi) is 1.97. The Labute approximate surface area is 110 Å². The minimum Gasteiger partial charge on any atom is -0.508 e. The largest absolute Gasteiger partial charge is 0.508 e. The molecule has 4 heteroatoms. The van der Waals surface area contributed by atoms with E-state index in [2.05, 4.69) is 12.2 Å². The van der Waals surface area contributed by atoms with Crippen molar-refractivity contribution in [3.05, 3.63) is 36.4 Å². The molecule has 1 heterocycles. The quantitative estimate of drug-likeness (QED) is 0.614. The fraction of sp³-hybridized carbons (Fsp3) is 0.333. The van der Waals surface area contributed by atoms with Crippen LogP contribution in [0.3, 0.4) is 0 Å². The van der Waals surface area contributed by atoms with Crippen LogP contribution in [-0.2, 0) is 9.59 Å². The maximum Gasteiger partial charge on any atom is 0.238 e. The molecule has 0 aromatic heterocycles. The number of phenols is 1. The summed E-state index contributed by atoms with van der Waals surface area (Å²) >= 11 is 0. The molecule has 1 aliphatic heterocycles. The van der Waals surface area contributed by atoms with Gasteiger partial charge >= 0.3 is 0 Å². The van der Waals surface area contributed by atoms with Crippen LogP contribution in [0, 0.1) is 23.7 Å². The number of carbonyl (C=O) groups is 2. The first-order chi connectivity index (χ1) is 9.16. The van der Waals surface area contributed by atoms with Gasteiger partial charge in [0.2, 0.25) is 11.8 Å². The molecule has 3 aliphatic rings. The lowest BCUT2D eigenvalue weighted by molar-refractivity contribution is -0.123. The number of amides is 2. The molecule has 2 amide bonds. The third-order valence-corrected chi connectivity index (χ3v) is 4.58. The van der Waals surface area contributed by atoms with Gasteiger partial charge in [0.1, 0.15) is 5.75 Å². The number of aromatic hydroxyl groups is 1. The summed E-state index contributed by atoms with van der Waals surface area (Å²) in [6.07, 6.45) is 5.10. The first kappa shape index (κ1) is 10.8. The van der Waals surface area contributed by atoms with Crippen molar-refractivity contribution in [1.29, 1.82) is 0 Å². The third-order valence-electron chi connectivity index (χ3n) is 4.58. The van der Waals surface area contributed by atoms with E-state index < -0.39 is 0 Å². The van der Waals surface area contributed by atoms with Crippen LogP contribution in [0.4, 0.5) is 5.69 Å². The van der Waals surface area contributed by atoms with E-state index in [1.807, 2.05) is 0 Å². The number of nitrogens with zero attached hydrogens (tertiary/aromatic N) is 1. The topological polar surface area (TPSA) is 57.6 Å². The highest BCUT2D eigenvalue weighted by Crippen LogP contribution is 2.53. The molecule has 4 atom stereocenters. The number of benzene rings is 1. The number of phenolic OH excluding ortho intramolecular Hbond substituents is 1. The SMILES string of the molecule is O=C1[C@H]2[C@H](C(=O)N1c1ccc(O)cc1)[C@H]1C=C[C@H]2C1. The van der Waals surface area contributed by atoms with Gasteiger partial charge in [-0.2, -0.15) is 0 Å². The van der Waals surface area contributed by atoms with Crippen LogP contribution in [-0.4, -0.2) is 16.9 Å². The molecular formula is C15H13NO3. The Morgan fingerprint density at radius 3 is 2.00 bits per heavy atom. The number of allylic oxidation sites excluding steroid dienone is 2. The summed E-state index contributed by atoms with van der Waals surface area (Å²) in [6.45, 7) is 0. The third kappa shape index (κ3) is 1.28. The lowest BCUT2D eigenvalue weighted by atomic mass is 9.85. The Hall–Kier alpha value is -2.10. The average Bonchev–Trinajstić information content (AvgIpc) is 3.06. The molecule has 19 heavy (non-hydrogen) atoms. The summed E-state index contributed by atoms with van der Waals surface area (Å²) in [5.41, 5.74) is 0.557. The number of imide groups is 1. The van der Waals surface area contributed by atoms with Crippen molar-refractivity contribution in [3.8, 4) is 5.75 Å². The molecule has 1 saturated heterocycles. The summed E-state index contributed by atoms with van der Waals surface area (Å²) in [5.74, 6) is 0.0783. The minimum absolute atomic E-state index is 0.0856. The van der Waals surface area contributed by atoms with Crippen LogP contribution in [0.15, 0.2) is 36.4 Å². The Balaban J connectivity index is 1.74. The lowest BCUT2D eigenvalue weighted by Crippen LogP contribution is -2.32. The van der Waals surface area contributed by atoms with Crippen molar-refractivity contribution in [2.24, 2.45) is 23.7 Å². The first-order valence-corrected chi connectivity index (χ1v) is 6.52. The van der Waals surface area contributed by atoms with Gasteiger partial charge in [0.05, 0.1) is 17.5 Å². The maximum absolute atomic E-state index is 12.5. The van der Waals surface area contributed by atoms with Crippen LogP contribution in [0.1, 0.15) is 6.42 Å². The smallest absolute Gasteiger partial charge is 0.238 e. The number of fused-ring (bicyclic) bond motifs is 5. The molecule has 96 valence electrons. The number of rotatable bonds is 1. The molecule has 0 unspecified atom stereocenters. The monoisotopic (exact) mass is 255 g/mol. The van der Waals surface area contributed by atoms with Crippen LogP contribution in [0.25, 0.3) is 0 Å². The fourth-order valence-corrected chi connectivity index (χ4v) is 3.76. The van der Waals surface area contributed by atoms with Crippen molar-refractivity contribution in [3.63, 3.8) is 0 Å². The molecule has 1 aromatic carbocycles. The second-order valence-electron chi connectivity index (χ2n) is 5.53. The second-order valence-corrected chi connectivity index (χ2v) is 5.53. The molecule has 0 spiro atoms. The van der Waals surface area contributed by atoms with E-state index >= 15 is 0 Å². The van der Waals surface area contributed by atoms with Gasteiger partial charge in [0.25, 0.3) is 0 Å². The maximum atomic E-state index is 12.5. The van der Waals surface area contributed by atoms with Crippen LogP contribution < -0.4 is 4.90 Å². The highest BCUT2D eigenvalue weighted by molar-refractivity contribution is 6.22. The van der Waals surface area contributed by atoms with Gasteiger partial charge in [-0.05, 0) is 42.5 Å². The lowest BCUT2D eigenvalue weighted by Gasteiger charge is -2.17. The first-order valence-electron chi connectivity index (χ1n) is 6.52. The van der Waals surface area contributed by atoms with Gasteiger partial charge in [0, 0.05) is 0 Å². The van der Waals surface area contributed by atoms with Crippen molar-refractivity contribution in [2.75, 3.05) is 4.90 Å². The van der Waals surface area contributed by atoms with Crippen molar-refractivity contribution < 1.29 is 14.7 Å². The van der Waals surface area contributed by atoms with E-state index in [9.17, 15) is 14.7 Å². The predicted molar refractivity (Wildman–Crippen MR) is 68.3 cm³/mol. The van der Waals surface area contributed by atoms with E-state index in [1.165, 1.54) is 17.0 Å². The molecule has 2 fully saturated rings. The number of hydrogen-bond acceptors (Lipinski definition) is 3. The average molecular weight is 255 g/mol. The number of carbonyl (C=O) groups excluding carboxylic acids is 2. The summed E-state index contributed by atoms with van der Waals surface area (Å²) in [7, 11) is 0. The normalized spacial score (nSPS) is 35.3. The molecule has 2 aliphatic carbocycles. The van der Waals surface area contributed by atoms with E-state index in [4.69, 9.17) is 0 Å². The minimum atomic E-state index is -0.170. The Bertz CT molecular complexity index is 574. The van der Waals surface area contributed by atoms with E-state index in [1.54, 1.807) is 12.1 Å². The highest BCUT2D eigenvalue weighted by Gasteiger charge is 2.59. The second kappa shape index (κ2) is 3.47. The number of hydrogen-bond donors (Lipinski definition) is 1. The zero-order valence-electron chi connectivity index (χ0n) is 10.2. The zero-order chi connectivity index (χ0) is 13.1. The Morgan fingerprint density at radius 2 is 1.47 bits per heavy atom. The highest BCUT2D eigenvalue weighted by atomic mass is 16.3. The van der Waals surface area contributed by atoms with Crippen LogP contribution in [0.2, 0.25) is 0 Å². The molecule has 2 bridgehead atoms. The standard InChI is InChI=1S/C15H13NO3/c17-11-5-3-10(4-6-11)16-14(18)12-8-1-2-9(7-8)13(12)15(16)19/h1-6,8-9,12-13,17H,7H2/t8-,9-,12+,13+/m0/s1. The van der Waals surface area contributed by atoms with Gasteiger partial charge in [-0.3, -0.25) is 14.5 Å². The van der Waals surface area contributed by atoms with Crippen molar-refractivity contribution >= 4 is 17.5 Å². The summed E-state index contributed by atoms with van der Waals surface area (Å²) in [4.78, 5) is 26.3. The molecule has 4 rings (SSSR count). The Morgan fingerprint density at radius 1 is 0.947 bits per heavy atom. The van der Waals surface area contributed by atoms with Gasteiger partial charge in [-0.25, -0.2) is 0 Å². The molecule has 1 saturated carbocycles. The van der Waals surface area contributed by atoms with Gasteiger partial charge < -0.3 is 5.11 Å². The molecule has 4 nitrogen and oxygen atoms in total. The fourth-order valence-electron chi connectivity index (χ4n) is 3.76. The predicted octanol–water partition coefficient (Wildman–Crippen LogP) is 1.70. The van der Waals surface area contributed by atoms with Gasteiger partial charge in [-0.1, -0.05) is 12.2 Å².